The predicted molar refractivity (Wildman–Crippen MR) is 97.3 cm³/mol. The van der Waals surface area contributed by atoms with Crippen LogP contribution in [0.25, 0.3) is 0 Å². The Morgan fingerprint density at radius 3 is 2.46 bits per heavy atom. The molecule has 1 saturated heterocycles. The van der Waals surface area contributed by atoms with Crippen LogP contribution in [0.1, 0.15) is 25.5 Å². The summed E-state index contributed by atoms with van der Waals surface area (Å²) in [5.41, 5.74) is 5.78. The van der Waals surface area contributed by atoms with Gasteiger partial charge in [0.25, 0.3) is 0 Å². The molecular formula is C16H26Cl2FN3O2. The number of carbonyl (C=O) groups excluding carboxylic acids is 1. The fourth-order valence-corrected chi connectivity index (χ4v) is 2.45. The Hall–Kier alpha value is -0.920. The highest BCUT2D eigenvalue weighted by Gasteiger charge is 2.31. The van der Waals surface area contributed by atoms with E-state index in [4.69, 9.17) is 10.5 Å². The maximum Gasteiger partial charge on any atom is 0.242 e. The molecule has 1 aromatic carbocycles. The highest BCUT2D eigenvalue weighted by molar-refractivity contribution is 5.85. The van der Waals surface area contributed by atoms with Crippen LogP contribution in [0.15, 0.2) is 24.3 Å². The smallest absolute Gasteiger partial charge is 0.242 e. The summed E-state index contributed by atoms with van der Waals surface area (Å²) >= 11 is 0. The molecule has 1 aliphatic rings. The Morgan fingerprint density at radius 1 is 1.33 bits per heavy atom. The number of nitrogens with zero attached hydrogens (tertiary/aromatic N) is 1. The minimum atomic E-state index is -0.660. The van der Waals surface area contributed by atoms with E-state index in [1.54, 1.807) is 18.2 Å². The van der Waals surface area contributed by atoms with E-state index in [9.17, 15) is 9.18 Å². The van der Waals surface area contributed by atoms with Crippen LogP contribution in [0.3, 0.4) is 0 Å². The molecule has 1 heterocycles. The number of rotatable bonds is 5. The summed E-state index contributed by atoms with van der Waals surface area (Å²) in [6.07, 6.45) is 0. The van der Waals surface area contributed by atoms with Gasteiger partial charge in [-0.15, -0.1) is 24.8 Å². The van der Waals surface area contributed by atoms with Gasteiger partial charge in [-0.3, -0.25) is 9.69 Å². The quantitative estimate of drug-likeness (QED) is 0.816. The molecule has 1 fully saturated rings. The summed E-state index contributed by atoms with van der Waals surface area (Å²) in [5, 5.41) is 2.83. The molecule has 0 spiro atoms. The van der Waals surface area contributed by atoms with Crippen LogP contribution in [0.2, 0.25) is 0 Å². The molecule has 8 heteroatoms. The van der Waals surface area contributed by atoms with E-state index in [-0.39, 0.29) is 36.5 Å². The molecule has 0 aliphatic carbocycles. The van der Waals surface area contributed by atoms with Gasteiger partial charge in [-0.25, -0.2) is 4.39 Å². The van der Waals surface area contributed by atoms with Gasteiger partial charge in [-0.2, -0.15) is 0 Å². The first kappa shape index (κ1) is 23.1. The highest BCUT2D eigenvalue weighted by atomic mass is 35.5. The average Bonchev–Trinajstić information content (AvgIpc) is 2.48. The summed E-state index contributed by atoms with van der Waals surface area (Å²) in [6.45, 7) is 6.28. The second-order valence-electron chi connectivity index (χ2n) is 6.28. The van der Waals surface area contributed by atoms with Crippen LogP contribution >= 0.6 is 24.8 Å². The first-order valence-corrected chi connectivity index (χ1v) is 7.51. The van der Waals surface area contributed by atoms with E-state index in [0.717, 1.165) is 0 Å². The minimum Gasteiger partial charge on any atom is -0.379 e. The van der Waals surface area contributed by atoms with Crippen LogP contribution in [-0.4, -0.2) is 49.2 Å². The van der Waals surface area contributed by atoms with Gasteiger partial charge in [0.1, 0.15) is 11.9 Å². The third-order valence-corrected chi connectivity index (χ3v) is 3.58. The molecule has 1 amide bonds. The van der Waals surface area contributed by atoms with Gasteiger partial charge >= 0.3 is 0 Å². The second-order valence-corrected chi connectivity index (χ2v) is 6.28. The topological polar surface area (TPSA) is 67.6 Å². The van der Waals surface area contributed by atoms with Crippen molar-refractivity contribution in [1.29, 1.82) is 0 Å². The maximum atomic E-state index is 14.2. The van der Waals surface area contributed by atoms with Gasteiger partial charge in [0.05, 0.1) is 13.2 Å². The lowest BCUT2D eigenvalue weighted by Gasteiger charge is -2.34. The lowest BCUT2D eigenvalue weighted by Crippen LogP contribution is -2.50. The first-order valence-electron chi connectivity index (χ1n) is 7.51. The Balaban J connectivity index is 0.00000264. The lowest BCUT2D eigenvalue weighted by molar-refractivity contribution is -0.128. The number of ether oxygens (including phenoxy) is 1. The van der Waals surface area contributed by atoms with E-state index in [1.807, 2.05) is 18.7 Å². The molecule has 1 atom stereocenters. The second kappa shape index (κ2) is 10.2. The van der Waals surface area contributed by atoms with Crippen molar-refractivity contribution in [2.24, 2.45) is 5.73 Å². The molecule has 0 aromatic heterocycles. The molecule has 24 heavy (non-hydrogen) atoms. The van der Waals surface area contributed by atoms with Gasteiger partial charge < -0.3 is 15.8 Å². The fourth-order valence-electron chi connectivity index (χ4n) is 2.45. The van der Waals surface area contributed by atoms with E-state index in [0.29, 0.717) is 38.4 Å². The zero-order chi connectivity index (χ0) is 16.2. The van der Waals surface area contributed by atoms with Crippen LogP contribution in [0.5, 0.6) is 0 Å². The standard InChI is InChI=1S/C16H24FN3O2.2ClH/c1-16(2,18)11-19-15(21)14(20-7-9-22-10-8-20)12-5-3-4-6-13(12)17;;/h3-6,14H,7-11,18H2,1-2H3,(H,19,21);2*1H. The molecular weight excluding hydrogens is 356 g/mol. The van der Waals surface area contributed by atoms with Crippen molar-refractivity contribution in [3.63, 3.8) is 0 Å². The molecule has 0 bridgehead atoms. The van der Waals surface area contributed by atoms with Gasteiger partial charge in [0.2, 0.25) is 5.91 Å². The average molecular weight is 382 g/mol. The van der Waals surface area contributed by atoms with Crippen LogP contribution in [0, 0.1) is 5.82 Å². The molecule has 5 nitrogen and oxygen atoms in total. The van der Waals surface area contributed by atoms with Crippen LogP contribution < -0.4 is 11.1 Å². The molecule has 0 radical (unpaired) electrons. The number of hydrogen-bond acceptors (Lipinski definition) is 4. The molecule has 3 N–H and O–H groups in total. The van der Waals surface area contributed by atoms with Crippen LogP contribution in [-0.2, 0) is 9.53 Å². The summed E-state index contributed by atoms with van der Waals surface area (Å²) in [6, 6.07) is 5.74. The Labute approximate surface area is 154 Å². The lowest BCUT2D eigenvalue weighted by atomic mass is 10.0. The molecule has 1 unspecified atom stereocenters. The third kappa shape index (κ3) is 6.53. The van der Waals surface area contributed by atoms with E-state index in [1.165, 1.54) is 6.07 Å². The van der Waals surface area contributed by atoms with Crippen molar-refractivity contribution in [2.75, 3.05) is 32.8 Å². The minimum absolute atomic E-state index is 0. The van der Waals surface area contributed by atoms with Crippen molar-refractivity contribution in [1.82, 2.24) is 10.2 Å². The number of benzene rings is 1. The number of halogens is 3. The summed E-state index contributed by atoms with van der Waals surface area (Å²) < 4.78 is 19.5. The molecule has 0 saturated carbocycles. The molecule has 1 aliphatic heterocycles. The number of amides is 1. The zero-order valence-corrected chi connectivity index (χ0v) is 15.6. The Morgan fingerprint density at radius 2 is 1.92 bits per heavy atom. The van der Waals surface area contributed by atoms with Crippen molar-refractivity contribution >= 4 is 30.7 Å². The summed E-state index contributed by atoms with van der Waals surface area (Å²) in [4.78, 5) is 14.6. The SMILES string of the molecule is CC(C)(N)CNC(=O)C(c1ccccc1F)N1CCOCC1.Cl.Cl. The van der Waals surface area contributed by atoms with Crippen molar-refractivity contribution in [2.45, 2.75) is 25.4 Å². The Kier molecular flexibility index (Phi) is 9.77. The predicted octanol–water partition coefficient (Wildman–Crippen LogP) is 1.90. The van der Waals surface area contributed by atoms with Gasteiger partial charge in [0, 0.05) is 30.7 Å². The van der Waals surface area contributed by atoms with E-state index >= 15 is 0 Å². The number of morpholine rings is 1. The normalized spacial score (nSPS) is 16.5. The van der Waals surface area contributed by atoms with E-state index < -0.39 is 11.6 Å². The van der Waals surface area contributed by atoms with Gasteiger partial charge in [-0.05, 0) is 19.9 Å². The number of nitrogens with one attached hydrogen (secondary N) is 1. The van der Waals surface area contributed by atoms with Crippen molar-refractivity contribution in [3.05, 3.63) is 35.6 Å². The van der Waals surface area contributed by atoms with Crippen molar-refractivity contribution in [3.8, 4) is 0 Å². The monoisotopic (exact) mass is 381 g/mol. The number of carbonyl (C=O) groups is 1. The molecule has 2 rings (SSSR count). The fraction of sp³-hybridized carbons (Fsp3) is 0.562. The largest absolute Gasteiger partial charge is 0.379 e. The van der Waals surface area contributed by atoms with Gasteiger partial charge in [0.15, 0.2) is 0 Å². The third-order valence-electron chi connectivity index (χ3n) is 3.58. The maximum absolute atomic E-state index is 14.2. The summed E-state index contributed by atoms with van der Waals surface area (Å²) in [5.74, 6) is -0.605. The first-order chi connectivity index (χ1) is 10.4. The molecule has 138 valence electrons. The highest BCUT2D eigenvalue weighted by Crippen LogP contribution is 2.24. The summed E-state index contributed by atoms with van der Waals surface area (Å²) in [7, 11) is 0. The van der Waals surface area contributed by atoms with Gasteiger partial charge in [-0.1, -0.05) is 18.2 Å². The number of nitrogens with two attached hydrogens (primary N) is 1. The molecule has 1 aromatic rings. The van der Waals surface area contributed by atoms with Crippen LogP contribution in [0.4, 0.5) is 4.39 Å². The zero-order valence-electron chi connectivity index (χ0n) is 14.0. The Bertz CT molecular complexity index is 520. The van der Waals surface area contributed by atoms with E-state index in [2.05, 4.69) is 5.32 Å². The van der Waals surface area contributed by atoms with Crippen molar-refractivity contribution < 1.29 is 13.9 Å². The number of hydrogen-bond donors (Lipinski definition) is 2.